The van der Waals surface area contributed by atoms with E-state index in [-0.39, 0.29) is 23.8 Å². The summed E-state index contributed by atoms with van der Waals surface area (Å²) >= 11 is 0. The molecule has 0 saturated carbocycles. The lowest BCUT2D eigenvalue weighted by Gasteiger charge is -2.19. The Bertz CT molecular complexity index is 1200. The van der Waals surface area contributed by atoms with Crippen LogP contribution in [0.4, 0.5) is 17.5 Å². The summed E-state index contributed by atoms with van der Waals surface area (Å²) in [5, 5.41) is 2.83. The zero-order chi connectivity index (χ0) is 25.4. The molecule has 0 spiro atoms. The third-order valence-electron chi connectivity index (χ3n) is 5.02. The minimum atomic E-state index is -3.10. The van der Waals surface area contributed by atoms with Crippen molar-refractivity contribution in [2.75, 3.05) is 49.3 Å². The lowest BCUT2D eigenvalue weighted by atomic mass is 10.2. The van der Waals surface area contributed by atoms with Crippen LogP contribution in [-0.4, -0.2) is 58.8 Å². The second kappa shape index (κ2) is 11.9. The first kappa shape index (κ1) is 26.3. The second-order valence-electron chi connectivity index (χ2n) is 7.68. The van der Waals surface area contributed by atoms with E-state index >= 15 is 0 Å². The maximum absolute atomic E-state index is 12.5. The number of rotatable bonds is 12. The zero-order valence-electron chi connectivity index (χ0n) is 20.1. The van der Waals surface area contributed by atoms with Crippen molar-refractivity contribution in [3.05, 3.63) is 41.7 Å². The molecule has 0 fully saturated rings. The summed E-state index contributed by atoms with van der Waals surface area (Å²) in [7, 11) is -1.20. The summed E-state index contributed by atoms with van der Waals surface area (Å²) in [5.41, 5.74) is 14.3. The van der Waals surface area contributed by atoms with E-state index in [2.05, 4.69) is 25.3 Å². The number of fused-ring (bicyclic) bond motifs is 1. The summed E-state index contributed by atoms with van der Waals surface area (Å²) in [5.74, 6) is 0.0183. The smallest absolute Gasteiger partial charge is 0.330 e. The summed E-state index contributed by atoms with van der Waals surface area (Å²) in [4.78, 5) is 31.2. The van der Waals surface area contributed by atoms with E-state index in [1.165, 1.54) is 0 Å². The fraction of sp³-hybridized carbons (Fsp3) is 0.409. The Morgan fingerprint density at radius 1 is 1.09 bits per heavy atom. The van der Waals surface area contributed by atoms with Crippen LogP contribution >= 0.6 is 7.60 Å². The van der Waals surface area contributed by atoms with E-state index in [1.54, 1.807) is 32.2 Å². The van der Waals surface area contributed by atoms with Gasteiger partial charge in [-0.05, 0) is 44.5 Å². The van der Waals surface area contributed by atoms with Gasteiger partial charge < -0.3 is 30.7 Å². The van der Waals surface area contributed by atoms with E-state index in [4.69, 9.17) is 20.5 Å². The average molecular weight is 503 g/mol. The molecule has 0 aliphatic rings. The minimum Gasteiger partial charge on any atom is -0.382 e. The fourth-order valence-electron chi connectivity index (χ4n) is 3.40. The van der Waals surface area contributed by atoms with Crippen molar-refractivity contribution >= 4 is 42.1 Å². The average Bonchev–Trinajstić information content (AvgIpc) is 2.82. The van der Waals surface area contributed by atoms with Crippen molar-refractivity contribution in [2.45, 2.75) is 26.8 Å². The van der Waals surface area contributed by atoms with Crippen LogP contribution in [-0.2, 0) is 20.2 Å². The first-order valence-corrected chi connectivity index (χ1v) is 13.0. The topological polar surface area (TPSA) is 171 Å². The lowest BCUT2D eigenvalue weighted by Crippen LogP contribution is -2.25. The molecule has 0 bridgehead atoms. The van der Waals surface area contributed by atoms with Crippen molar-refractivity contribution < 1.29 is 18.4 Å². The first-order valence-electron chi connectivity index (χ1n) is 11.3. The zero-order valence-corrected chi connectivity index (χ0v) is 21.0. The van der Waals surface area contributed by atoms with Gasteiger partial charge in [0.25, 0.3) is 5.91 Å². The molecule has 35 heavy (non-hydrogen) atoms. The quantitative estimate of drug-likeness (QED) is 0.245. The van der Waals surface area contributed by atoms with Crippen molar-refractivity contribution in [3.63, 3.8) is 0 Å². The van der Waals surface area contributed by atoms with Gasteiger partial charge in [0.1, 0.15) is 0 Å². The summed E-state index contributed by atoms with van der Waals surface area (Å²) in [6.45, 7) is 4.99. The molecule has 0 aliphatic heterocycles. The van der Waals surface area contributed by atoms with Gasteiger partial charge in [-0.2, -0.15) is 9.97 Å². The van der Waals surface area contributed by atoms with Crippen LogP contribution in [0.5, 0.6) is 0 Å². The molecule has 188 valence electrons. The van der Waals surface area contributed by atoms with Crippen LogP contribution in [0.1, 0.15) is 36.3 Å². The van der Waals surface area contributed by atoms with Gasteiger partial charge in [0, 0.05) is 24.8 Å². The number of hydrogen-bond donors (Lipinski definition) is 3. The standard InChI is InChI=1S/C22H31N8O4P/c1-4-33-35(32,34-5-2)12-6-11-25-21(31)15-7-9-17(10-8-15)30(3)14-16-13-26-20-18(27-16)19(23)28-22(24)29-20/h7-10,13H,4-6,11-12,14H2,1-3H3,(H,25,31)(H4,23,24,26,28,29). The molecule has 2 heterocycles. The number of nitrogen functional groups attached to an aromatic ring is 2. The van der Waals surface area contributed by atoms with Gasteiger partial charge in [0.15, 0.2) is 17.0 Å². The molecule has 3 aromatic rings. The Morgan fingerprint density at radius 2 is 1.77 bits per heavy atom. The number of carbonyl (C=O) groups excluding carboxylic acids is 1. The Labute approximate surface area is 204 Å². The maximum Gasteiger partial charge on any atom is 0.330 e. The predicted octanol–water partition coefficient (Wildman–Crippen LogP) is 2.61. The number of anilines is 3. The van der Waals surface area contributed by atoms with Crippen LogP contribution in [0.2, 0.25) is 0 Å². The van der Waals surface area contributed by atoms with Crippen LogP contribution in [0, 0.1) is 0 Å². The monoisotopic (exact) mass is 502 g/mol. The fourth-order valence-corrected chi connectivity index (χ4v) is 5.06. The SMILES string of the molecule is CCOP(=O)(CCCNC(=O)c1ccc(N(C)Cc2cnc3nc(N)nc(N)c3n2)cc1)OCC. The number of aromatic nitrogens is 4. The number of benzene rings is 1. The molecule has 1 aromatic carbocycles. The molecule has 2 aromatic heterocycles. The molecule has 12 nitrogen and oxygen atoms in total. The number of amides is 1. The van der Waals surface area contributed by atoms with Crippen molar-refractivity contribution in [3.8, 4) is 0 Å². The number of nitrogens with two attached hydrogens (primary N) is 2. The normalized spacial score (nSPS) is 11.5. The molecule has 0 saturated heterocycles. The lowest BCUT2D eigenvalue weighted by molar-refractivity contribution is 0.0953. The van der Waals surface area contributed by atoms with E-state index < -0.39 is 7.60 Å². The Morgan fingerprint density at radius 3 is 2.43 bits per heavy atom. The highest BCUT2D eigenvalue weighted by Crippen LogP contribution is 2.48. The Kier molecular flexibility index (Phi) is 8.91. The number of nitrogens with zero attached hydrogens (tertiary/aromatic N) is 5. The molecule has 0 atom stereocenters. The number of hydrogen-bond acceptors (Lipinski definition) is 11. The van der Waals surface area contributed by atoms with Crippen LogP contribution in [0.25, 0.3) is 11.2 Å². The van der Waals surface area contributed by atoms with E-state index in [9.17, 15) is 9.36 Å². The van der Waals surface area contributed by atoms with Crippen molar-refractivity contribution in [1.29, 1.82) is 0 Å². The molecular formula is C22H31N8O4P. The van der Waals surface area contributed by atoms with Gasteiger partial charge in [-0.3, -0.25) is 9.36 Å². The highest BCUT2D eigenvalue weighted by molar-refractivity contribution is 7.53. The van der Waals surface area contributed by atoms with Crippen molar-refractivity contribution in [2.24, 2.45) is 0 Å². The van der Waals surface area contributed by atoms with Crippen LogP contribution in [0.3, 0.4) is 0 Å². The number of nitrogens with one attached hydrogen (secondary N) is 1. The maximum atomic E-state index is 12.5. The highest BCUT2D eigenvalue weighted by atomic mass is 31.2. The number of carbonyl (C=O) groups is 1. The third-order valence-corrected chi connectivity index (χ3v) is 7.18. The summed E-state index contributed by atoms with van der Waals surface area (Å²) < 4.78 is 23.0. The molecule has 3 rings (SSSR count). The molecule has 1 amide bonds. The molecule has 0 unspecified atom stereocenters. The molecule has 5 N–H and O–H groups in total. The second-order valence-corrected chi connectivity index (χ2v) is 9.87. The van der Waals surface area contributed by atoms with Gasteiger partial charge in [0.05, 0.1) is 37.8 Å². The van der Waals surface area contributed by atoms with Gasteiger partial charge in [-0.25, -0.2) is 9.97 Å². The molecule has 0 radical (unpaired) electrons. The predicted molar refractivity (Wildman–Crippen MR) is 135 cm³/mol. The van der Waals surface area contributed by atoms with Crippen LogP contribution < -0.4 is 21.7 Å². The Hall–Kier alpha value is -3.34. The largest absolute Gasteiger partial charge is 0.382 e. The molecular weight excluding hydrogens is 471 g/mol. The van der Waals surface area contributed by atoms with E-state index in [1.807, 2.05) is 24.1 Å². The highest BCUT2D eigenvalue weighted by Gasteiger charge is 2.22. The molecule has 13 heteroatoms. The van der Waals surface area contributed by atoms with Crippen LogP contribution in [0.15, 0.2) is 30.5 Å². The Balaban J connectivity index is 1.55. The van der Waals surface area contributed by atoms with Crippen molar-refractivity contribution in [1.82, 2.24) is 25.3 Å². The van der Waals surface area contributed by atoms with E-state index in [0.717, 1.165) is 5.69 Å². The van der Waals surface area contributed by atoms with E-state index in [0.29, 0.717) is 55.1 Å². The molecule has 0 aliphatic carbocycles. The first-order chi connectivity index (χ1) is 16.7. The van der Waals surface area contributed by atoms with Gasteiger partial charge >= 0.3 is 7.60 Å². The summed E-state index contributed by atoms with van der Waals surface area (Å²) in [6, 6.07) is 7.18. The van der Waals surface area contributed by atoms with Gasteiger partial charge in [-0.1, -0.05) is 0 Å². The summed E-state index contributed by atoms with van der Waals surface area (Å²) in [6.07, 6.45) is 2.35. The van der Waals surface area contributed by atoms with Gasteiger partial charge in [0.2, 0.25) is 5.95 Å². The third kappa shape index (κ3) is 7.08. The van der Waals surface area contributed by atoms with Gasteiger partial charge in [-0.15, -0.1) is 0 Å². The minimum absolute atomic E-state index is 0.0503.